The molecule has 0 aromatic heterocycles. The van der Waals surface area contributed by atoms with E-state index in [-0.39, 0.29) is 17.5 Å². The third-order valence-electron chi connectivity index (χ3n) is 3.01. The Balaban J connectivity index is 2.71. The molecule has 0 saturated carbocycles. The molecular weight excluding hydrogens is 278 g/mol. The zero-order valence-electron chi connectivity index (χ0n) is 10.7. The number of sulfonamides is 1. The van der Waals surface area contributed by atoms with Crippen LogP contribution in [0.15, 0.2) is 0 Å². The molecule has 1 saturated heterocycles. The van der Waals surface area contributed by atoms with Crippen molar-refractivity contribution in [1.29, 1.82) is 0 Å². The summed E-state index contributed by atoms with van der Waals surface area (Å²) < 4.78 is 47.5. The molecule has 0 aromatic carbocycles. The third kappa shape index (κ3) is 4.83. The van der Waals surface area contributed by atoms with Crippen molar-refractivity contribution in [3.8, 4) is 0 Å². The minimum absolute atomic E-state index is 0.199. The molecule has 1 aliphatic heterocycles. The fraction of sp³-hybridized carbons (Fsp3) is 1.00. The molecule has 0 aromatic rings. The van der Waals surface area contributed by atoms with Crippen LogP contribution in [0.1, 0.15) is 26.2 Å². The topological polar surface area (TPSA) is 91.8 Å². The number of nitrogens with zero attached hydrogens (tertiary/aromatic N) is 1. The van der Waals surface area contributed by atoms with Gasteiger partial charge in [0.05, 0.1) is 17.6 Å². The van der Waals surface area contributed by atoms with Gasteiger partial charge < -0.3 is 5.11 Å². The maximum absolute atomic E-state index is 12.1. The van der Waals surface area contributed by atoms with Gasteiger partial charge in [-0.25, -0.2) is 16.8 Å². The van der Waals surface area contributed by atoms with E-state index in [9.17, 15) is 21.9 Å². The number of rotatable bonds is 6. The van der Waals surface area contributed by atoms with Crippen LogP contribution in [-0.4, -0.2) is 62.7 Å². The predicted octanol–water partition coefficient (Wildman–Crippen LogP) is -0.404. The van der Waals surface area contributed by atoms with Crippen molar-refractivity contribution < 1.29 is 21.9 Å². The molecule has 0 spiro atoms. The Morgan fingerprint density at radius 2 is 1.89 bits per heavy atom. The summed E-state index contributed by atoms with van der Waals surface area (Å²) in [4.78, 5) is 0. The molecule has 0 amide bonds. The molecule has 108 valence electrons. The van der Waals surface area contributed by atoms with Gasteiger partial charge in [-0.3, -0.25) is 0 Å². The molecule has 18 heavy (non-hydrogen) atoms. The van der Waals surface area contributed by atoms with Crippen LogP contribution in [0, 0.1) is 0 Å². The van der Waals surface area contributed by atoms with Gasteiger partial charge in [0.25, 0.3) is 0 Å². The minimum atomic E-state index is -3.54. The van der Waals surface area contributed by atoms with E-state index in [1.54, 1.807) is 6.92 Å². The highest BCUT2D eigenvalue weighted by Crippen LogP contribution is 2.24. The lowest BCUT2D eigenvalue weighted by molar-refractivity contribution is 0.158. The van der Waals surface area contributed by atoms with Gasteiger partial charge in [-0.15, -0.1) is 0 Å². The van der Waals surface area contributed by atoms with Crippen molar-refractivity contribution >= 4 is 19.9 Å². The van der Waals surface area contributed by atoms with Crippen LogP contribution in [0.4, 0.5) is 0 Å². The SMILES string of the molecule is CC(O)CC1CCCN1S(=O)(=O)CCS(C)(=O)=O. The summed E-state index contributed by atoms with van der Waals surface area (Å²) in [6.45, 7) is 2.04. The number of aliphatic hydroxyl groups is 1. The quantitative estimate of drug-likeness (QED) is 0.720. The van der Waals surface area contributed by atoms with Crippen molar-refractivity contribution in [2.24, 2.45) is 0 Å². The number of hydrogen-bond donors (Lipinski definition) is 1. The summed E-state index contributed by atoms with van der Waals surface area (Å²) in [5.41, 5.74) is 0. The molecule has 1 rings (SSSR count). The molecule has 1 fully saturated rings. The van der Waals surface area contributed by atoms with Crippen molar-refractivity contribution in [2.75, 3.05) is 24.3 Å². The highest BCUT2D eigenvalue weighted by atomic mass is 32.2. The largest absolute Gasteiger partial charge is 0.393 e. The van der Waals surface area contributed by atoms with E-state index >= 15 is 0 Å². The van der Waals surface area contributed by atoms with E-state index in [1.165, 1.54) is 4.31 Å². The second-order valence-corrected chi connectivity index (χ2v) is 9.24. The van der Waals surface area contributed by atoms with Crippen LogP contribution in [-0.2, 0) is 19.9 Å². The molecule has 0 bridgehead atoms. The van der Waals surface area contributed by atoms with E-state index < -0.39 is 26.0 Å². The van der Waals surface area contributed by atoms with Crippen molar-refractivity contribution in [3.05, 3.63) is 0 Å². The molecular formula is C10H21NO5S2. The first-order valence-corrected chi connectivity index (χ1v) is 9.64. The highest BCUT2D eigenvalue weighted by Gasteiger charge is 2.34. The summed E-state index contributed by atoms with van der Waals surface area (Å²) in [5.74, 6) is -0.727. The van der Waals surface area contributed by atoms with E-state index in [4.69, 9.17) is 0 Å². The smallest absolute Gasteiger partial charge is 0.215 e. The Labute approximate surface area is 109 Å². The molecule has 6 nitrogen and oxygen atoms in total. The van der Waals surface area contributed by atoms with Crippen molar-refractivity contribution in [3.63, 3.8) is 0 Å². The molecule has 8 heteroatoms. The molecule has 1 aliphatic rings. The number of sulfone groups is 1. The lowest BCUT2D eigenvalue weighted by Gasteiger charge is -2.24. The van der Waals surface area contributed by atoms with Gasteiger partial charge in [0.1, 0.15) is 9.84 Å². The Hall–Kier alpha value is -0.180. The van der Waals surface area contributed by atoms with Crippen LogP contribution >= 0.6 is 0 Å². The zero-order valence-corrected chi connectivity index (χ0v) is 12.4. The maximum Gasteiger partial charge on any atom is 0.215 e. The Kier molecular flexibility index (Phi) is 5.16. The lowest BCUT2D eigenvalue weighted by atomic mass is 10.1. The number of aliphatic hydroxyl groups excluding tert-OH is 1. The van der Waals surface area contributed by atoms with E-state index in [0.717, 1.165) is 19.1 Å². The van der Waals surface area contributed by atoms with E-state index in [2.05, 4.69) is 0 Å². The van der Waals surface area contributed by atoms with Crippen molar-refractivity contribution in [2.45, 2.75) is 38.3 Å². The van der Waals surface area contributed by atoms with Crippen molar-refractivity contribution in [1.82, 2.24) is 4.31 Å². The summed E-state index contributed by atoms with van der Waals surface area (Å²) in [6.07, 6.45) is 2.36. The third-order valence-corrected chi connectivity index (χ3v) is 6.13. The Morgan fingerprint density at radius 3 is 2.39 bits per heavy atom. The van der Waals surface area contributed by atoms with Crippen LogP contribution in [0.5, 0.6) is 0 Å². The second kappa shape index (κ2) is 5.85. The standard InChI is InChI=1S/C10H21NO5S2/c1-9(12)8-10-4-3-5-11(10)18(15,16)7-6-17(2,13)14/h9-10,12H,3-8H2,1-2H3. The van der Waals surface area contributed by atoms with Gasteiger partial charge in [-0.05, 0) is 26.2 Å². The molecule has 2 atom stereocenters. The summed E-state index contributed by atoms with van der Waals surface area (Å²) in [5, 5.41) is 9.34. The average molecular weight is 299 g/mol. The van der Waals surface area contributed by atoms with Crippen LogP contribution in [0.3, 0.4) is 0 Å². The monoisotopic (exact) mass is 299 g/mol. The van der Waals surface area contributed by atoms with Gasteiger partial charge >= 0.3 is 0 Å². The fourth-order valence-corrected chi connectivity index (χ4v) is 5.52. The highest BCUT2D eigenvalue weighted by molar-refractivity contribution is 7.93. The molecule has 1 heterocycles. The second-order valence-electron chi connectivity index (χ2n) is 4.94. The van der Waals surface area contributed by atoms with Gasteiger partial charge in [0, 0.05) is 18.8 Å². The Morgan fingerprint density at radius 1 is 1.28 bits per heavy atom. The molecule has 0 radical (unpaired) electrons. The van der Waals surface area contributed by atoms with E-state index in [0.29, 0.717) is 13.0 Å². The first-order chi connectivity index (χ1) is 8.12. The van der Waals surface area contributed by atoms with Gasteiger partial charge in [0.15, 0.2) is 0 Å². The van der Waals surface area contributed by atoms with Gasteiger partial charge in [0.2, 0.25) is 10.0 Å². The number of hydrogen-bond acceptors (Lipinski definition) is 5. The molecule has 1 N–H and O–H groups in total. The average Bonchev–Trinajstić information content (AvgIpc) is 2.61. The lowest BCUT2D eigenvalue weighted by Crippen LogP contribution is -2.39. The maximum atomic E-state index is 12.1. The summed E-state index contributed by atoms with van der Waals surface area (Å²) >= 11 is 0. The summed E-state index contributed by atoms with van der Waals surface area (Å²) in [7, 11) is -6.83. The first-order valence-electron chi connectivity index (χ1n) is 5.97. The molecule has 2 unspecified atom stereocenters. The predicted molar refractivity (Wildman–Crippen MR) is 69.5 cm³/mol. The van der Waals surface area contributed by atoms with Gasteiger partial charge in [-0.2, -0.15) is 4.31 Å². The summed E-state index contributed by atoms with van der Waals surface area (Å²) in [6, 6.07) is -0.199. The zero-order chi connectivity index (χ0) is 14.0. The first kappa shape index (κ1) is 15.9. The normalized spacial score (nSPS) is 24.3. The van der Waals surface area contributed by atoms with Crippen LogP contribution < -0.4 is 0 Å². The van der Waals surface area contributed by atoms with E-state index in [1.807, 2.05) is 0 Å². The van der Waals surface area contributed by atoms with Crippen LogP contribution in [0.2, 0.25) is 0 Å². The van der Waals surface area contributed by atoms with Gasteiger partial charge in [-0.1, -0.05) is 0 Å². The fourth-order valence-electron chi connectivity index (χ4n) is 2.18. The molecule has 0 aliphatic carbocycles. The Bertz CT molecular complexity index is 468. The minimum Gasteiger partial charge on any atom is -0.393 e. The van der Waals surface area contributed by atoms with Crippen LogP contribution in [0.25, 0.3) is 0 Å².